The van der Waals surface area contributed by atoms with E-state index in [1.807, 2.05) is 0 Å². The summed E-state index contributed by atoms with van der Waals surface area (Å²) in [5.41, 5.74) is 11.7. The van der Waals surface area contributed by atoms with Crippen LogP contribution in [0.5, 0.6) is 0 Å². The van der Waals surface area contributed by atoms with Crippen LogP contribution in [0.1, 0.15) is 99.6 Å². The average molecular weight is 387 g/mol. The standard InChI is InChI=1S/C28H36N/c1-6-18-7-8-19-11-23-16(2)17(3)29-15-25-21(10-22-14-26(25)28(22,4)5)13-27(29)24(23)12-20(19)9-18/h11-13,15-18,22,26H,6-10,14H2,1-5H3/q+1. The zero-order valence-corrected chi connectivity index (χ0v) is 18.9. The summed E-state index contributed by atoms with van der Waals surface area (Å²) < 4.78 is 2.65. The molecule has 5 unspecified atom stereocenters. The first kappa shape index (κ1) is 18.2. The molecule has 1 aromatic heterocycles. The second-order valence-electron chi connectivity index (χ2n) is 11.3. The van der Waals surface area contributed by atoms with E-state index in [-0.39, 0.29) is 0 Å². The van der Waals surface area contributed by atoms with Gasteiger partial charge in [-0.1, -0.05) is 40.2 Å². The van der Waals surface area contributed by atoms with Crippen molar-refractivity contribution < 1.29 is 4.57 Å². The maximum absolute atomic E-state index is 2.65. The third-order valence-electron chi connectivity index (χ3n) is 9.76. The van der Waals surface area contributed by atoms with Gasteiger partial charge in [-0.15, -0.1) is 0 Å². The van der Waals surface area contributed by atoms with E-state index in [4.69, 9.17) is 0 Å². The summed E-state index contributed by atoms with van der Waals surface area (Å²) in [6.07, 6.45) is 10.5. The molecule has 2 heterocycles. The van der Waals surface area contributed by atoms with Crippen molar-refractivity contribution >= 4 is 0 Å². The molecular weight excluding hydrogens is 350 g/mol. The van der Waals surface area contributed by atoms with Gasteiger partial charge in [0.1, 0.15) is 0 Å². The molecule has 1 aromatic carbocycles. The largest absolute Gasteiger partial charge is 0.213 e. The van der Waals surface area contributed by atoms with Crippen molar-refractivity contribution in [3.8, 4) is 11.3 Å². The predicted octanol–water partition coefficient (Wildman–Crippen LogP) is 6.52. The van der Waals surface area contributed by atoms with E-state index in [1.165, 1.54) is 49.8 Å². The lowest BCUT2D eigenvalue weighted by atomic mass is 9.47. The molecule has 0 amide bonds. The molecular formula is C28H36N+. The Balaban J connectivity index is 1.52. The monoisotopic (exact) mass is 386 g/mol. The van der Waals surface area contributed by atoms with E-state index in [0.717, 1.165) is 17.8 Å². The maximum Gasteiger partial charge on any atom is 0.213 e. The normalized spacial score (nSPS) is 33.1. The van der Waals surface area contributed by atoms with E-state index >= 15 is 0 Å². The molecule has 1 aliphatic heterocycles. The van der Waals surface area contributed by atoms with Crippen LogP contribution in [0.2, 0.25) is 0 Å². The molecule has 1 nitrogen and oxygen atoms in total. The quantitative estimate of drug-likeness (QED) is 0.491. The molecule has 0 spiro atoms. The Labute approximate surface area is 176 Å². The third-order valence-corrected chi connectivity index (χ3v) is 9.76. The highest BCUT2D eigenvalue weighted by molar-refractivity contribution is 5.67. The van der Waals surface area contributed by atoms with Crippen LogP contribution < -0.4 is 4.57 Å². The Bertz CT molecular complexity index is 1010. The van der Waals surface area contributed by atoms with Gasteiger partial charge in [-0.2, -0.15) is 4.57 Å². The molecule has 1 heteroatoms. The summed E-state index contributed by atoms with van der Waals surface area (Å²) in [6, 6.07) is 8.33. The van der Waals surface area contributed by atoms with Gasteiger partial charge in [-0.05, 0) is 90.5 Å². The van der Waals surface area contributed by atoms with Crippen molar-refractivity contribution in [3.05, 3.63) is 52.2 Å². The summed E-state index contributed by atoms with van der Waals surface area (Å²) >= 11 is 0. The van der Waals surface area contributed by atoms with Gasteiger partial charge in [-0.3, -0.25) is 0 Å². The highest BCUT2D eigenvalue weighted by atomic mass is 15.0. The minimum Gasteiger partial charge on any atom is -0.195 e. The number of hydrogen-bond acceptors (Lipinski definition) is 0. The van der Waals surface area contributed by atoms with Crippen LogP contribution in [0.15, 0.2) is 24.4 Å². The van der Waals surface area contributed by atoms with Gasteiger partial charge in [0.15, 0.2) is 12.2 Å². The molecule has 2 bridgehead atoms. The molecule has 5 aliphatic rings. The SMILES string of the molecule is CCC1CCc2cc3c(cc2C1)-c1cc2c(c[n+]1C(C)C3C)C1CC(C2)C1(C)C. The summed E-state index contributed by atoms with van der Waals surface area (Å²) in [5.74, 6) is 3.12. The summed E-state index contributed by atoms with van der Waals surface area (Å²) in [4.78, 5) is 0. The number of aromatic nitrogens is 1. The van der Waals surface area contributed by atoms with Crippen LogP contribution in [-0.4, -0.2) is 0 Å². The van der Waals surface area contributed by atoms with E-state index in [9.17, 15) is 0 Å². The summed E-state index contributed by atoms with van der Waals surface area (Å²) in [5, 5.41) is 0. The molecule has 0 N–H and O–H groups in total. The van der Waals surface area contributed by atoms with Crippen LogP contribution >= 0.6 is 0 Å². The van der Waals surface area contributed by atoms with Crippen LogP contribution in [-0.2, 0) is 19.3 Å². The Kier molecular flexibility index (Phi) is 3.73. The Morgan fingerprint density at radius 1 is 1.00 bits per heavy atom. The van der Waals surface area contributed by atoms with Gasteiger partial charge in [0.25, 0.3) is 0 Å². The first-order chi connectivity index (χ1) is 13.9. The molecule has 1 saturated carbocycles. The highest BCUT2D eigenvalue weighted by Crippen LogP contribution is 2.62. The topological polar surface area (TPSA) is 3.88 Å². The molecule has 29 heavy (non-hydrogen) atoms. The number of aryl methyl sites for hydroxylation is 1. The van der Waals surface area contributed by atoms with Crippen LogP contribution in [0.25, 0.3) is 11.3 Å². The van der Waals surface area contributed by atoms with Gasteiger partial charge in [-0.25, -0.2) is 0 Å². The highest BCUT2D eigenvalue weighted by Gasteiger charge is 2.54. The molecule has 152 valence electrons. The lowest BCUT2D eigenvalue weighted by Gasteiger charge is -2.56. The smallest absolute Gasteiger partial charge is 0.195 e. The molecule has 4 aliphatic carbocycles. The van der Waals surface area contributed by atoms with Crippen molar-refractivity contribution in [1.29, 1.82) is 0 Å². The van der Waals surface area contributed by atoms with E-state index < -0.39 is 0 Å². The average Bonchev–Trinajstić information content (AvgIpc) is 2.74. The lowest BCUT2D eigenvalue weighted by Crippen LogP contribution is -2.52. The number of pyridine rings is 1. The number of nitrogens with zero attached hydrogens (tertiary/aromatic N) is 1. The maximum atomic E-state index is 2.65. The minimum absolute atomic E-state index is 0.497. The van der Waals surface area contributed by atoms with Crippen LogP contribution in [0, 0.1) is 17.3 Å². The Hall–Kier alpha value is -1.63. The molecule has 0 radical (unpaired) electrons. The van der Waals surface area contributed by atoms with Crippen LogP contribution in [0.4, 0.5) is 0 Å². The van der Waals surface area contributed by atoms with Gasteiger partial charge in [0, 0.05) is 17.5 Å². The van der Waals surface area contributed by atoms with Crippen molar-refractivity contribution in [1.82, 2.24) is 0 Å². The molecule has 1 fully saturated rings. The lowest BCUT2D eigenvalue weighted by molar-refractivity contribution is -0.714. The van der Waals surface area contributed by atoms with Crippen LogP contribution in [0.3, 0.4) is 0 Å². The van der Waals surface area contributed by atoms with Crippen molar-refractivity contribution in [2.75, 3.05) is 0 Å². The summed E-state index contributed by atoms with van der Waals surface area (Å²) in [7, 11) is 0. The van der Waals surface area contributed by atoms with Crippen molar-refractivity contribution in [2.24, 2.45) is 17.3 Å². The fraction of sp³-hybridized carbons (Fsp3) is 0.607. The second-order valence-corrected chi connectivity index (χ2v) is 11.3. The minimum atomic E-state index is 0.497. The van der Waals surface area contributed by atoms with Gasteiger partial charge < -0.3 is 0 Å². The van der Waals surface area contributed by atoms with Gasteiger partial charge in [0.05, 0.1) is 5.56 Å². The first-order valence-corrected chi connectivity index (χ1v) is 12.1. The van der Waals surface area contributed by atoms with Crippen molar-refractivity contribution in [3.63, 3.8) is 0 Å². The summed E-state index contributed by atoms with van der Waals surface area (Å²) in [6.45, 7) is 12.2. The fourth-order valence-electron chi connectivity index (χ4n) is 7.18. The van der Waals surface area contributed by atoms with E-state index in [2.05, 4.69) is 63.6 Å². The number of benzene rings is 1. The fourth-order valence-corrected chi connectivity index (χ4v) is 7.18. The number of fused-ring (bicyclic) bond motifs is 4. The third kappa shape index (κ3) is 2.37. The number of rotatable bonds is 1. The van der Waals surface area contributed by atoms with E-state index in [1.54, 1.807) is 27.8 Å². The molecule has 7 rings (SSSR count). The second kappa shape index (κ2) is 5.96. The zero-order valence-electron chi connectivity index (χ0n) is 18.9. The van der Waals surface area contributed by atoms with Crippen molar-refractivity contribution in [2.45, 2.75) is 91.0 Å². The Morgan fingerprint density at radius 3 is 2.59 bits per heavy atom. The Morgan fingerprint density at radius 2 is 1.83 bits per heavy atom. The predicted molar refractivity (Wildman–Crippen MR) is 119 cm³/mol. The van der Waals surface area contributed by atoms with E-state index in [0.29, 0.717) is 17.4 Å². The zero-order chi connectivity index (χ0) is 20.1. The number of hydrogen-bond donors (Lipinski definition) is 0. The van der Waals surface area contributed by atoms with Gasteiger partial charge >= 0.3 is 0 Å². The van der Waals surface area contributed by atoms with Gasteiger partial charge in [0.2, 0.25) is 5.69 Å². The molecule has 0 saturated heterocycles. The first-order valence-electron chi connectivity index (χ1n) is 12.1. The molecule has 2 aromatic rings. The molecule has 5 atom stereocenters.